The van der Waals surface area contributed by atoms with E-state index in [0.717, 1.165) is 5.56 Å². The number of pyridine rings is 1. The molecule has 1 aromatic heterocycles. The van der Waals surface area contributed by atoms with Crippen molar-refractivity contribution in [2.24, 2.45) is 0 Å². The van der Waals surface area contributed by atoms with Crippen molar-refractivity contribution in [2.45, 2.75) is 32.2 Å². The number of rotatable bonds is 13. The topological polar surface area (TPSA) is 138 Å². The molecule has 228 valence electrons. The number of nitrogens with one attached hydrogen (secondary N) is 1. The molecule has 10 nitrogen and oxygen atoms in total. The molecule has 0 aliphatic rings. The van der Waals surface area contributed by atoms with E-state index >= 15 is 0 Å². The van der Waals surface area contributed by atoms with Crippen molar-refractivity contribution in [1.82, 2.24) is 4.57 Å². The number of hydrogen-bond donors (Lipinski definition) is 2. The van der Waals surface area contributed by atoms with E-state index in [1.54, 1.807) is 35.9 Å². The van der Waals surface area contributed by atoms with Crippen molar-refractivity contribution in [2.75, 3.05) is 39.5 Å². The van der Waals surface area contributed by atoms with Crippen LogP contribution in [0.15, 0.2) is 71.5 Å². The minimum atomic E-state index is -0.415. The number of benzene rings is 3. The first kappa shape index (κ1) is 31.5. The first-order chi connectivity index (χ1) is 21.3. The van der Waals surface area contributed by atoms with Gasteiger partial charge in [0.2, 0.25) is 11.7 Å². The van der Waals surface area contributed by atoms with Crippen LogP contribution in [0, 0.1) is 11.3 Å². The van der Waals surface area contributed by atoms with Gasteiger partial charge in [-0.25, -0.2) is 0 Å². The van der Waals surface area contributed by atoms with Crippen LogP contribution in [0.25, 0.3) is 22.4 Å². The van der Waals surface area contributed by atoms with Crippen molar-refractivity contribution >= 4 is 17.3 Å². The lowest BCUT2D eigenvalue weighted by molar-refractivity contribution is -0.116. The number of hydrogen-bond acceptors (Lipinski definition) is 8. The quantitative estimate of drug-likeness (QED) is 0.144. The van der Waals surface area contributed by atoms with E-state index < -0.39 is 5.56 Å². The van der Waals surface area contributed by atoms with Gasteiger partial charge in [-0.05, 0) is 78.6 Å². The van der Waals surface area contributed by atoms with Crippen LogP contribution in [0.5, 0.6) is 23.0 Å². The molecule has 0 unspecified atom stereocenters. The number of aromatic nitrogens is 1. The molecule has 0 spiro atoms. The summed E-state index contributed by atoms with van der Waals surface area (Å²) in [4.78, 5) is 26.3. The van der Waals surface area contributed by atoms with Gasteiger partial charge in [-0.3, -0.25) is 9.59 Å². The molecule has 0 bridgehead atoms. The Morgan fingerprint density at radius 3 is 2.14 bits per heavy atom. The molecule has 10 heteroatoms. The summed E-state index contributed by atoms with van der Waals surface area (Å²) in [5.74, 6) is 1.76. The Hall–Kier alpha value is -5.43. The molecule has 0 aliphatic carbocycles. The van der Waals surface area contributed by atoms with Gasteiger partial charge >= 0.3 is 0 Å². The number of nitriles is 1. The fourth-order valence-electron chi connectivity index (χ4n) is 5.00. The number of para-hydroxylation sites is 2. The Morgan fingerprint density at radius 1 is 0.864 bits per heavy atom. The van der Waals surface area contributed by atoms with Crippen LogP contribution in [-0.2, 0) is 11.3 Å². The second kappa shape index (κ2) is 14.6. The molecule has 0 saturated heterocycles. The molecule has 3 aromatic carbocycles. The molecule has 0 radical (unpaired) electrons. The van der Waals surface area contributed by atoms with Gasteiger partial charge in [0.1, 0.15) is 17.4 Å². The predicted molar refractivity (Wildman–Crippen MR) is 170 cm³/mol. The van der Waals surface area contributed by atoms with Crippen LogP contribution >= 0.6 is 0 Å². The van der Waals surface area contributed by atoms with Gasteiger partial charge in [0.05, 0.1) is 45.5 Å². The molecule has 3 N–H and O–H groups in total. The van der Waals surface area contributed by atoms with Gasteiger partial charge in [0, 0.05) is 18.5 Å². The van der Waals surface area contributed by atoms with Crippen LogP contribution in [0.1, 0.15) is 31.2 Å². The van der Waals surface area contributed by atoms with Gasteiger partial charge in [-0.15, -0.1) is 0 Å². The lowest BCUT2D eigenvalue weighted by Gasteiger charge is -2.18. The Balaban J connectivity index is 1.65. The average molecular weight is 597 g/mol. The summed E-state index contributed by atoms with van der Waals surface area (Å²) in [7, 11) is 6.11. The number of carbonyl (C=O) groups is 1. The van der Waals surface area contributed by atoms with Crippen LogP contribution < -0.4 is 35.6 Å². The minimum Gasteiger partial charge on any atom is -0.497 e. The Labute approximate surface area is 256 Å². The molecule has 1 heterocycles. The van der Waals surface area contributed by atoms with Gasteiger partial charge in [-0.2, -0.15) is 5.26 Å². The third-order valence-electron chi connectivity index (χ3n) is 7.29. The summed E-state index contributed by atoms with van der Waals surface area (Å²) in [6.07, 6.45) is 2.26. The third kappa shape index (κ3) is 6.95. The Bertz CT molecular complexity index is 1700. The number of nitrogen functional groups attached to an aromatic ring is 1. The minimum absolute atomic E-state index is 0.00337. The molecule has 0 atom stereocenters. The zero-order chi connectivity index (χ0) is 31.6. The van der Waals surface area contributed by atoms with E-state index in [9.17, 15) is 14.9 Å². The Kier molecular flexibility index (Phi) is 10.5. The van der Waals surface area contributed by atoms with Gasteiger partial charge < -0.3 is 34.6 Å². The summed E-state index contributed by atoms with van der Waals surface area (Å²) in [5.41, 5.74) is 9.02. The fourth-order valence-corrected chi connectivity index (χ4v) is 5.00. The maximum Gasteiger partial charge on any atom is 0.269 e. The average Bonchev–Trinajstić information content (AvgIpc) is 3.05. The normalized spacial score (nSPS) is 10.5. The van der Waals surface area contributed by atoms with Crippen molar-refractivity contribution < 1.29 is 23.7 Å². The number of methoxy groups -OCH3 is 4. The number of carbonyl (C=O) groups excluding carboxylic acids is 1. The Morgan fingerprint density at radius 2 is 1.55 bits per heavy atom. The number of anilines is 2. The number of nitrogens with zero attached hydrogens (tertiary/aromatic N) is 2. The summed E-state index contributed by atoms with van der Waals surface area (Å²) in [6.45, 7) is 0.359. The SMILES string of the molecule is COc1ccc(-c2cc(-c3cc(OC)c(OC)c(OC)c3)c(C#N)c(=O)n2CCCCCC(=O)Nc2ccccc2N)cc1. The van der Waals surface area contributed by atoms with Crippen LogP contribution in [0.3, 0.4) is 0 Å². The van der Waals surface area contributed by atoms with Crippen molar-refractivity contribution in [3.8, 4) is 51.5 Å². The number of ether oxygens (including phenoxy) is 4. The molecule has 0 fully saturated rings. The molecule has 4 rings (SSSR count). The van der Waals surface area contributed by atoms with E-state index in [1.807, 2.05) is 42.5 Å². The predicted octanol–water partition coefficient (Wildman–Crippen LogP) is 5.87. The molecular weight excluding hydrogens is 560 g/mol. The molecule has 4 aromatic rings. The third-order valence-corrected chi connectivity index (χ3v) is 7.29. The second-order valence-corrected chi connectivity index (χ2v) is 9.98. The zero-order valence-electron chi connectivity index (χ0n) is 25.3. The van der Waals surface area contributed by atoms with Crippen LogP contribution in [0.2, 0.25) is 0 Å². The second-order valence-electron chi connectivity index (χ2n) is 9.98. The van der Waals surface area contributed by atoms with Crippen molar-refractivity contribution in [1.29, 1.82) is 5.26 Å². The largest absolute Gasteiger partial charge is 0.497 e. The number of amides is 1. The van der Waals surface area contributed by atoms with Gasteiger partial charge in [0.25, 0.3) is 5.56 Å². The van der Waals surface area contributed by atoms with Crippen molar-refractivity contribution in [3.63, 3.8) is 0 Å². The number of unbranched alkanes of at least 4 members (excludes halogenated alkanes) is 2. The first-order valence-corrected chi connectivity index (χ1v) is 14.1. The smallest absolute Gasteiger partial charge is 0.269 e. The molecule has 1 amide bonds. The monoisotopic (exact) mass is 596 g/mol. The molecular formula is C34H36N4O6. The number of nitrogens with two attached hydrogens (primary N) is 1. The highest BCUT2D eigenvalue weighted by Crippen LogP contribution is 2.42. The lowest BCUT2D eigenvalue weighted by Crippen LogP contribution is -2.25. The molecule has 0 saturated carbocycles. The van der Waals surface area contributed by atoms with E-state index in [-0.39, 0.29) is 11.5 Å². The van der Waals surface area contributed by atoms with Crippen LogP contribution in [-0.4, -0.2) is 38.9 Å². The lowest BCUT2D eigenvalue weighted by atomic mass is 9.97. The zero-order valence-corrected chi connectivity index (χ0v) is 25.3. The highest BCUT2D eigenvalue weighted by molar-refractivity contribution is 5.93. The first-order valence-electron chi connectivity index (χ1n) is 14.1. The standard InChI is InChI=1S/C34H36N4O6/c1-41-24-15-13-22(14-16-24)29-20-25(23-18-30(42-2)33(44-4)31(19-23)43-3)26(21-35)34(40)38(29)17-9-5-6-12-32(39)37-28-11-8-7-10-27(28)36/h7-8,10-11,13-16,18-20H,5-6,9,12,17,36H2,1-4H3,(H,37,39). The van der Waals surface area contributed by atoms with Gasteiger partial charge in [-0.1, -0.05) is 18.6 Å². The van der Waals surface area contributed by atoms with Gasteiger partial charge in [0.15, 0.2) is 11.5 Å². The van der Waals surface area contributed by atoms with Crippen molar-refractivity contribution in [3.05, 3.63) is 82.6 Å². The van der Waals surface area contributed by atoms with E-state index in [4.69, 9.17) is 24.7 Å². The van der Waals surface area contributed by atoms with E-state index in [2.05, 4.69) is 11.4 Å². The van der Waals surface area contributed by atoms with Crippen LogP contribution in [0.4, 0.5) is 11.4 Å². The maximum absolute atomic E-state index is 13.9. The highest BCUT2D eigenvalue weighted by atomic mass is 16.5. The maximum atomic E-state index is 13.9. The summed E-state index contributed by atoms with van der Waals surface area (Å²) < 4.78 is 23.4. The summed E-state index contributed by atoms with van der Waals surface area (Å²) in [6, 6.07) is 21.9. The van der Waals surface area contributed by atoms with E-state index in [1.165, 1.54) is 21.3 Å². The summed E-state index contributed by atoms with van der Waals surface area (Å²) in [5, 5.41) is 13.0. The molecule has 0 aliphatic heterocycles. The molecule has 44 heavy (non-hydrogen) atoms. The fraction of sp³-hybridized carbons (Fsp3) is 0.265. The summed E-state index contributed by atoms with van der Waals surface area (Å²) >= 11 is 0. The van der Waals surface area contributed by atoms with E-state index in [0.29, 0.717) is 83.4 Å². The highest BCUT2D eigenvalue weighted by Gasteiger charge is 2.21.